The highest BCUT2D eigenvalue weighted by molar-refractivity contribution is 5.86. The van der Waals surface area contributed by atoms with Crippen LogP contribution in [0.25, 0.3) is 0 Å². The van der Waals surface area contributed by atoms with Gasteiger partial charge < -0.3 is 10.5 Å². The Morgan fingerprint density at radius 2 is 1.89 bits per heavy atom. The lowest BCUT2D eigenvalue weighted by Gasteiger charge is -2.06. The zero-order chi connectivity index (χ0) is 13.0. The van der Waals surface area contributed by atoms with Crippen LogP contribution in [0.2, 0.25) is 0 Å². The van der Waals surface area contributed by atoms with Crippen LogP contribution < -0.4 is 15.8 Å². The second-order valence-electron chi connectivity index (χ2n) is 3.59. The number of hydrogen-bond acceptors (Lipinski definition) is 3. The lowest BCUT2D eigenvalue weighted by atomic mass is 10.3. The first kappa shape index (κ1) is 11.9. The molecule has 0 aromatic heterocycles. The highest BCUT2D eigenvalue weighted by Crippen LogP contribution is 2.14. The van der Waals surface area contributed by atoms with Crippen molar-refractivity contribution < 1.29 is 13.9 Å². The SMILES string of the molecule is Nc1cccc(NC(=O)Oc2ccc(F)cc2)c1. The van der Waals surface area contributed by atoms with Gasteiger partial charge in [-0.05, 0) is 42.5 Å². The molecule has 4 nitrogen and oxygen atoms in total. The molecule has 0 aliphatic heterocycles. The number of nitrogen functional groups attached to an aromatic ring is 1. The maximum Gasteiger partial charge on any atom is 0.417 e. The normalized spacial score (nSPS) is 9.83. The minimum Gasteiger partial charge on any atom is -0.410 e. The molecule has 2 aromatic carbocycles. The number of carbonyl (C=O) groups is 1. The Morgan fingerprint density at radius 3 is 2.56 bits per heavy atom. The maximum atomic E-state index is 12.6. The molecule has 92 valence electrons. The van der Waals surface area contributed by atoms with Crippen molar-refractivity contribution in [3.8, 4) is 5.75 Å². The molecule has 3 N–H and O–H groups in total. The zero-order valence-electron chi connectivity index (χ0n) is 9.39. The topological polar surface area (TPSA) is 64.3 Å². The average molecular weight is 246 g/mol. The van der Waals surface area contributed by atoms with Crippen molar-refractivity contribution in [2.75, 3.05) is 11.1 Å². The number of ether oxygens (including phenoxy) is 1. The molecular weight excluding hydrogens is 235 g/mol. The van der Waals surface area contributed by atoms with Gasteiger partial charge in [-0.3, -0.25) is 5.32 Å². The highest BCUT2D eigenvalue weighted by Gasteiger charge is 2.05. The Morgan fingerprint density at radius 1 is 1.17 bits per heavy atom. The van der Waals surface area contributed by atoms with Gasteiger partial charge >= 0.3 is 6.09 Å². The number of anilines is 2. The largest absolute Gasteiger partial charge is 0.417 e. The third-order valence-electron chi connectivity index (χ3n) is 2.16. The van der Waals surface area contributed by atoms with Crippen molar-refractivity contribution in [2.45, 2.75) is 0 Å². The summed E-state index contributed by atoms with van der Waals surface area (Å²) in [4.78, 5) is 11.5. The Labute approximate surface area is 103 Å². The summed E-state index contributed by atoms with van der Waals surface area (Å²) in [7, 11) is 0. The van der Waals surface area contributed by atoms with Crippen molar-refractivity contribution in [1.29, 1.82) is 0 Å². The Bertz CT molecular complexity index is 555. The molecule has 2 rings (SSSR count). The predicted molar refractivity (Wildman–Crippen MR) is 66.9 cm³/mol. The first-order valence-corrected chi connectivity index (χ1v) is 5.23. The number of benzene rings is 2. The number of nitrogens with one attached hydrogen (secondary N) is 1. The standard InChI is InChI=1S/C13H11FN2O2/c14-9-4-6-12(7-5-9)18-13(17)16-11-3-1-2-10(15)8-11/h1-8H,15H2,(H,16,17). The monoisotopic (exact) mass is 246 g/mol. The minimum atomic E-state index is -0.660. The van der Waals surface area contributed by atoms with Gasteiger partial charge in [0.15, 0.2) is 0 Å². The third-order valence-corrected chi connectivity index (χ3v) is 2.16. The number of rotatable bonds is 2. The molecule has 1 amide bonds. The molecule has 0 fully saturated rings. The van der Waals surface area contributed by atoms with E-state index >= 15 is 0 Å². The molecule has 0 unspecified atom stereocenters. The summed E-state index contributed by atoms with van der Waals surface area (Å²) < 4.78 is 17.6. The van der Waals surface area contributed by atoms with E-state index in [2.05, 4.69) is 5.32 Å². The van der Waals surface area contributed by atoms with Crippen molar-refractivity contribution in [3.63, 3.8) is 0 Å². The maximum absolute atomic E-state index is 12.6. The Balaban J connectivity index is 1.98. The fourth-order valence-electron chi connectivity index (χ4n) is 1.37. The van der Waals surface area contributed by atoms with E-state index in [9.17, 15) is 9.18 Å². The van der Waals surface area contributed by atoms with Crippen molar-refractivity contribution in [3.05, 3.63) is 54.3 Å². The van der Waals surface area contributed by atoms with Gasteiger partial charge in [0.05, 0.1) is 0 Å². The van der Waals surface area contributed by atoms with E-state index in [0.29, 0.717) is 11.4 Å². The molecule has 0 heterocycles. The quantitative estimate of drug-likeness (QED) is 0.800. The first-order chi connectivity index (χ1) is 8.63. The third kappa shape index (κ3) is 3.21. The molecule has 2 aromatic rings. The van der Waals surface area contributed by atoms with Crippen LogP contribution in [0, 0.1) is 5.82 Å². The number of hydrogen-bond donors (Lipinski definition) is 2. The minimum absolute atomic E-state index is 0.262. The summed E-state index contributed by atoms with van der Waals surface area (Å²) in [6.07, 6.45) is -0.660. The van der Waals surface area contributed by atoms with Gasteiger partial charge in [0.25, 0.3) is 0 Å². The van der Waals surface area contributed by atoms with E-state index in [1.54, 1.807) is 24.3 Å². The second-order valence-corrected chi connectivity index (χ2v) is 3.59. The number of amides is 1. The zero-order valence-corrected chi connectivity index (χ0v) is 9.39. The van der Waals surface area contributed by atoms with Crippen LogP contribution in [-0.4, -0.2) is 6.09 Å². The van der Waals surface area contributed by atoms with Gasteiger partial charge in [-0.2, -0.15) is 0 Å². The van der Waals surface area contributed by atoms with Gasteiger partial charge in [0.1, 0.15) is 11.6 Å². The fourth-order valence-corrected chi connectivity index (χ4v) is 1.37. The molecule has 0 bridgehead atoms. The molecule has 0 aliphatic rings. The van der Waals surface area contributed by atoms with Gasteiger partial charge in [-0.15, -0.1) is 0 Å². The summed E-state index contributed by atoms with van der Waals surface area (Å²) in [6, 6.07) is 11.9. The number of nitrogens with two attached hydrogens (primary N) is 1. The summed E-state index contributed by atoms with van der Waals surface area (Å²) in [5, 5.41) is 2.51. The van der Waals surface area contributed by atoms with E-state index < -0.39 is 11.9 Å². The molecular formula is C13H11FN2O2. The molecule has 0 radical (unpaired) electrons. The molecule has 0 spiro atoms. The van der Waals surface area contributed by atoms with Crippen molar-refractivity contribution in [2.24, 2.45) is 0 Å². The highest BCUT2D eigenvalue weighted by atomic mass is 19.1. The molecule has 5 heteroatoms. The number of carbonyl (C=O) groups excluding carboxylic acids is 1. The van der Waals surface area contributed by atoms with Gasteiger partial charge in [0, 0.05) is 11.4 Å². The van der Waals surface area contributed by atoms with Gasteiger partial charge in [-0.25, -0.2) is 9.18 Å². The van der Waals surface area contributed by atoms with Crippen LogP contribution in [0.3, 0.4) is 0 Å². The predicted octanol–water partition coefficient (Wildman–Crippen LogP) is 3.02. The van der Waals surface area contributed by atoms with E-state index in [1.807, 2.05) is 0 Å². The van der Waals surface area contributed by atoms with Crippen LogP contribution in [0.1, 0.15) is 0 Å². The first-order valence-electron chi connectivity index (χ1n) is 5.23. The molecule has 0 saturated carbocycles. The molecule has 0 saturated heterocycles. The van der Waals surface area contributed by atoms with E-state index in [-0.39, 0.29) is 5.75 Å². The van der Waals surface area contributed by atoms with Crippen LogP contribution in [-0.2, 0) is 0 Å². The molecule has 0 atom stereocenters. The van der Waals surface area contributed by atoms with Gasteiger partial charge in [0.2, 0.25) is 0 Å². The van der Waals surface area contributed by atoms with Gasteiger partial charge in [-0.1, -0.05) is 6.07 Å². The number of halogens is 1. The Hall–Kier alpha value is -2.56. The summed E-state index contributed by atoms with van der Waals surface area (Å²) in [5.74, 6) is -0.128. The smallest absolute Gasteiger partial charge is 0.410 e. The van der Waals surface area contributed by atoms with Crippen LogP contribution in [0.4, 0.5) is 20.6 Å². The van der Waals surface area contributed by atoms with E-state index in [4.69, 9.17) is 10.5 Å². The van der Waals surface area contributed by atoms with Crippen LogP contribution in [0.15, 0.2) is 48.5 Å². The van der Waals surface area contributed by atoms with Crippen LogP contribution >= 0.6 is 0 Å². The molecule has 0 aliphatic carbocycles. The van der Waals surface area contributed by atoms with E-state index in [1.165, 1.54) is 24.3 Å². The van der Waals surface area contributed by atoms with Crippen molar-refractivity contribution >= 4 is 17.5 Å². The average Bonchev–Trinajstić information content (AvgIpc) is 2.32. The second kappa shape index (κ2) is 5.18. The summed E-state index contributed by atoms with van der Waals surface area (Å²) in [5.41, 5.74) is 6.64. The summed E-state index contributed by atoms with van der Waals surface area (Å²) in [6.45, 7) is 0. The Kier molecular flexibility index (Phi) is 3.43. The fraction of sp³-hybridized carbons (Fsp3) is 0. The lowest BCUT2D eigenvalue weighted by Crippen LogP contribution is -2.16. The summed E-state index contributed by atoms with van der Waals surface area (Å²) >= 11 is 0. The van der Waals surface area contributed by atoms with Crippen LogP contribution in [0.5, 0.6) is 5.75 Å². The lowest BCUT2D eigenvalue weighted by molar-refractivity contribution is 0.215. The molecule has 18 heavy (non-hydrogen) atoms. The van der Waals surface area contributed by atoms with Crippen molar-refractivity contribution in [1.82, 2.24) is 0 Å². The van der Waals surface area contributed by atoms with E-state index in [0.717, 1.165) is 0 Å².